The van der Waals surface area contributed by atoms with E-state index in [9.17, 15) is 22.8 Å². The lowest BCUT2D eigenvalue weighted by Gasteiger charge is -2.39. The van der Waals surface area contributed by atoms with Gasteiger partial charge in [-0.2, -0.15) is 17.0 Å². The Kier molecular flexibility index (Phi) is 6.70. The van der Waals surface area contributed by atoms with Crippen LogP contribution in [0.5, 0.6) is 0 Å². The molecule has 0 bridgehead atoms. The van der Waals surface area contributed by atoms with Gasteiger partial charge in [-0.25, -0.2) is 4.79 Å². The highest BCUT2D eigenvalue weighted by Crippen LogP contribution is 2.25. The summed E-state index contributed by atoms with van der Waals surface area (Å²) in [6.07, 6.45) is 0.920. The van der Waals surface area contributed by atoms with Crippen molar-refractivity contribution in [2.75, 3.05) is 66.0 Å². The molecule has 3 saturated heterocycles. The first kappa shape index (κ1) is 22.9. The van der Waals surface area contributed by atoms with Gasteiger partial charge in [-0.1, -0.05) is 13.8 Å². The predicted octanol–water partition coefficient (Wildman–Crippen LogP) is -1.27. The molecule has 0 atom stereocenters. The van der Waals surface area contributed by atoms with E-state index in [2.05, 4.69) is 10.2 Å². The lowest BCUT2D eigenvalue weighted by molar-refractivity contribution is -0.139. The van der Waals surface area contributed by atoms with Crippen molar-refractivity contribution in [1.29, 1.82) is 0 Å². The second-order valence-electron chi connectivity index (χ2n) is 8.10. The maximum Gasteiger partial charge on any atom is 0.325 e. The van der Waals surface area contributed by atoms with Crippen molar-refractivity contribution < 1.29 is 22.8 Å². The molecule has 0 radical (unpaired) electrons. The van der Waals surface area contributed by atoms with E-state index < -0.39 is 21.8 Å². The van der Waals surface area contributed by atoms with Crippen LogP contribution in [0.4, 0.5) is 4.79 Å². The molecule has 0 unspecified atom stereocenters. The minimum atomic E-state index is -3.55. The molecule has 0 aromatic rings. The van der Waals surface area contributed by atoms with Gasteiger partial charge in [-0.3, -0.25) is 14.5 Å². The van der Waals surface area contributed by atoms with Gasteiger partial charge >= 0.3 is 6.03 Å². The summed E-state index contributed by atoms with van der Waals surface area (Å²) in [5.74, 6) is -0.722. The normalized spacial score (nSPS) is 24.4. The molecule has 3 fully saturated rings. The number of imide groups is 1. The van der Waals surface area contributed by atoms with E-state index in [1.165, 1.54) is 13.5 Å². The number of likely N-dealkylation sites (N-methyl/N-ethyl adjacent to an activating group) is 1. The molecule has 1 N–H and O–H groups in total. The summed E-state index contributed by atoms with van der Waals surface area (Å²) in [4.78, 5) is 42.2. The minimum absolute atomic E-state index is 0.203. The molecule has 0 aromatic carbocycles. The van der Waals surface area contributed by atoms with Crippen LogP contribution in [0.15, 0.2) is 0 Å². The zero-order valence-corrected chi connectivity index (χ0v) is 18.8. The van der Waals surface area contributed by atoms with Crippen LogP contribution < -0.4 is 5.32 Å². The maximum absolute atomic E-state index is 12.9. The summed E-state index contributed by atoms with van der Waals surface area (Å²) in [5, 5.41) is 2.71. The van der Waals surface area contributed by atoms with Crippen molar-refractivity contribution in [1.82, 2.24) is 28.6 Å². The lowest BCUT2D eigenvalue weighted by Crippen LogP contribution is -2.58. The summed E-state index contributed by atoms with van der Waals surface area (Å²) < 4.78 is 28.6. The van der Waals surface area contributed by atoms with Gasteiger partial charge in [0.05, 0.1) is 0 Å². The van der Waals surface area contributed by atoms with Crippen LogP contribution in [0, 0.1) is 0 Å². The van der Waals surface area contributed by atoms with Crippen LogP contribution in [0.25, 0.3) is 0 Å². The summed E-state index contributed by atoms with van der Waals surface area (Å²) in [5.41, 5.74) is -0.938. The van der Waals surface area contributed by atoms with Gasteiger partial charge in [-0.05, 0) is 19.9 Å². The fraction of sp³-hybridized carbons (Fsp3) is 0.833. The highest BCUT2D eigenvalue weighted by Gasteiger charge is 2.49. The number of amides is 4. The SMILES string of the molecule is CCC1(CC)NC(=O)N(CC(=O)N2CCN(S(=O)(=O)N3CCN(C)CC3)CC2)C1=O. The van der Waals surface area contributed by atoms with E-state index in [0.717, 1.165) is 4.90 Å². The zero-order valence-electron chi connectivity index (χ0n) is 18.0. The number of rotatable bonds is 6. The Balaban J connectivity index is 1.56. The monoisotopic (exact) mass is 444 g/mol. The molecule has 30 heavy (non-hydrogen) atoms. The molecule has 4 amide bonds. The van der Waals surface area contributed by atoms with Crippen molar-refractivity contribution in [3.05, 3.63) is 0 Å². The second-order valence-corrected chi connectivity index (χ2v) is 10.0. The van der Waals surface area contributed by atoms with Gasteiger partial charge in [-0.15, -0.1) is 0 Å². The van der Waals surface area contributed by atoms with Gasteiger partial charge in [0.2, 0.25) is 5.91 Å². The molecule has 3 rings (SSSR count). The van der Waals surface area contributed by atoms with E-state index in [-0.39, 0.29) is 44.5 Å². The third-order valence-corrected chi connectivity index (χ3v) is 8.49. The van der Waals surface area contributed by atoms with Gasteiger partial charge < -0.3 is 15.1 Å². The molecule has 0 aromatic heterocycles. The molecule has 0 aliphatic carbocycles. The first-order valence-electron chi connectivity index (χ1n) is 10.5. The van der Waals surface area contributed by atoms with Crippen LogP contribution in [-0.2, 0) is 19.8 Å². The minimum Gasteiger partial charge on any atom is -0.338 e. The van der Waals surface area contributed by atoms with Gasteiger partial charge in [0.1, 0.15) is 12.1 Å². The third kappa shape index (κ3) is 4.18. The molecule has 0 spiro atoms. The molecule has 3 aliphatic heterocycles. The molecule has 0 saturated carbocycles. The standard InChI is InChI=1S/C18H32N6O5S/c1-4-18(5-2)16(26)24(17(27)19-18)14-15(25)21-8-12-23(13-9-21)30(28,29)22-10-6-20(3)7-11-22/h4-14H2,1-3H3,(H,19,27). The Morgan fingerprint density at radius 3 is 1.90 bits per heavy atom. The Morgan fingerprint density at radius 2 is 1.43 bits per heavy atom. The smallest absolute Gasteiger partial charge is 0.325 e. The molecular formula is C18H32N6O5S. The van der Waals surface area contributed by atoms with Gasteiger partial charge in [0.15, 0.2) is 0 Å². The fourth-order valence-electron chi connectivity index (χ4n) is 4.13. The van der Waals surface area contributed by atoms with E-state index in [0.29, 0.717) is 39.0 Å². The Bertz CT molecular complexity index is 783. The van der Waals surface area contributed by atoms with Crippen LogP contribution >= 0.6 is 0 Å². The first-order chi connectivity index (χ1) is 14.1. The zero-order chi connectivity index (χ0) is 22.1. The molecular weight excluding hydrogens is 412 g/mol. The maximum atomic E-state index is 12.9. The molecule has 170 valence electrons. The van der Waals surface area contributed by atoms with Crippen molar-refractivity contribution in [2.45, 2.75) is 32.2 Å². The van der Waals surface area contributed by atoms with E-state index in [1.807, 2.05) is 20.9 Å². The number of hydrogen-bond donors (Lipinski definition) is 1. The Hall–Kier alpha value is -1.76. The highest BCUT2D eigenvalue weighted by molar-refractivity contribution is 7.86. The van der Waals surface area contributed by atoms with Crippen LogP contribution in [0.3, 0.4) is 0 Å². The number of piperazine rings is 2. The van der Waals surface area contributed by atoms with E-state index >= 15 is 0 Å². The lowest BCUT2D eigenvalue weighted by atomic mass is 9.93. The summed E-state index contributed by atoms with van der Waals surface area (Å²) in [7, 11) is -1.58. The number of nitrogens with zero attached hydrogens (tertiary/aromatic N) is 5. The average molecular weight is 445 g/mol. The van der Waals surface area contributed by atoms with Crippen molar-refractivity contribution in [2.24, 2.45) is 0 Å². The van der Waals surface area contributed by atoms with E-state index in [1.54, 1.807) is 0 Å². The predicted molar refractivity (Wildman–Crippen MR) is 110 cm³/mol. The number of carbonyl (C=O) groups is 3. The third-order valence-electron chi connectivity index (χ3n) is 6.45. The second kappa shape index (κ2) is 8.77. The number of nitrogens with one attached hydrogen (secondary N) is 1. The molecule has 3 heterocycles. The quantitative estimate of drug-likeness (QED) is 0.511. The van der Waals surface area contributed by atoms with Crippen LogP contribution in [-0.4, -0.2) is 121 Å². The fourth-order valence-corrected chi connectivity index (χ4v) is 5.71. The van der Waals surface area contributed by atoms with Crippen molar-refractivity contribution >= 4 is 28.1 Å². The van der Waals surface area contributed by atoms with Crippen LogP contribution in [0.1, 0.15) is 26.7 Å². The average Bonchev–Trinajstić information content (AvgIpc) is 2.98. The summed E-state index contributed by atoms with van der Waals surface area (Å²) >= 11 is 0. The Labute approximate surface area is 178 Å². The number of carbonyl (C=O) groups excluding carboxylic acids is 3. The molecule has 11 nitrogen and oxygen atoms in total. The van der Waals surface area contributed by atoms with Gasteiger partial charge in [0, 0.05) is 52.4 Å². The largest absolute Gasteiger partial charge is 0.338 e. The summed E-state index contributed by atoms with van der Waals surface area (Å²) in [6.45, 7) is 6.52. The van der Waals surface area contributed by atoms with E-state index in [4.69, 9.17) is 0 Å². The number of urea groups is 1. The van der Waals surface area contributed by atoms with Crippen LogP contribution in [0.2, 0.25) is 0 Å². The first-order valence-corrected chi connectivity index (χ1v) is 11.9. The number of hydrogen-bond acceptors (Lipinski definition) is 6. The van der Waals surface area contributed by atoms with Crippen molar-refractivity contribution in [3.8, 4) is 0 Å². The topological polar surface area (TPSA) is 114 Å². The highest BCUT2D eigenvalue weighted by atomic mass is 32.2. The molecule has 3 aliphatic rings. The summed E-state index contributed by atoms with van der Waals surface area (Å²) in [6, 6.07) is -0.548. The van der Waals surface area contributed by atoms with Gasteiger partial charge in [0.25, 0.3) is 16.1 Å². The van der Waals surface area contributed by atoms with Crippen molar-refractivity contribution in [3.63, 3.8) is 0 Å². The molecule has 12 heteroatoms. The Morgan fingerprint density at radius 1 is 0.933 bits per heavy atom.